The van der Waals surface area contributed by atoms with Gasteiger partial charge < -0.3 is 20.7 Å². The highest BCUT2D eigenvalue weighted by molar-refractivity contribution is 6.48. The van der Waals surface area contributed by atoms with Crippen molar-refractivity contribution in [3.05, 3.63) is 66.2 Å². The summed E-state index contributed by atoms with van der Waals surface area (Å²) in [4.78, 5) is 24.0. The van der Waals surface area contributed by atoms with Gasteiger partial charge in [-0.25, -0.2) is 8.78 Å². The molecule has 0 bridgehead atoms. The molecular formula is C30H34F2N6O2. The van der Waals surface area contributed by atoms with Gasteiger partial charge in [-0.05, 0) is 67.5 Å². The van der Waals surface area contributed by atoms with Gasteiger partial charge in [-0.1, -0.05) is 6.07 Å². The minimum absolute atomic E-state index is 0.0427. The summed E-state index contributed by atoms with van der Waals surface area (Å²) in [5, 5.41) is 11.3. The molecule has 2 fully saturated rings. The summed E-state index contributed by atoms with van der Waals surface area (Å²) in [5.41, 5.74) is 10.4. The van der Waals surface area contributed by atoms with Gasteiger partial charge in [-0.2, -0.15) is 0 Å². The normalized spacial score (nSPS) is 19.1. The Labute approximate surface area is 232 Å². The number of benzene rings is 1. The molecule has 4 N–H and O–H groups in total. The minimum atomic E-state index is -2.56. The minimum Gasteiger partial charge on any atom is -0.398 e. The third-order valence-electron chi connectivity index (χ3n) is 7.64. The van der Waals surface area contributed by atoms with Crippen LogP contribution in [0.15, 0.2) is 55.0 Å². The highest BCUT2D eigenvalue weighted by atomic mass is 19.3. The van der Waals surface area contributed by atoms with E-state index in [1.165, 1.54) is 6.20 Å². The smallest absolute Gasteiger partial charge is 0.274 e. The number of carbonyl (C=O) groups excluding carboxylic acids is 1. The number of hydrogen-bond acceptors (Lipinski definition) is 7. The summed E-state index contributed by atoms with van der Waals surface area (Å²) in [6.45, 7) is 2.92. The van der Waals surface area contributed by atoms with E-state index in [1.807, 2.05) is 18.3 Å². The lowest BCUT2D eigenvalue weighted by molar-refractivity contribution is -0.110. The van der Waals surface area contributed by atoms with Crippen LogP contribution in [0.5, 0.6) is 0 Å². The van der Waals surface area contributed by atoms with Crippen molar-refractivity contribution in [2.45, 2.75) is 44.4 Å². The fourth-order valence-corrected chi connectivity index (χ4v) is 5.30. The largest absolute Gasteiger partial charge is 0.398 e. The van der Waals surface area contributed by atoms with Gasteiger partial charge in [-0.3, -0.25) is 20.2 Å². The Hall–Kier alpha value is -3.92. The van der Waals surface area contributed by atoms with Gasteiger partial charge >= 0.3 is 0 Å². The third kappa shape index (κ3) is 6.80. The number of nitrogens with zero attached hydrogens (tertiary/aromatic N) is 3. The predicted molar refractivity (Wildman–Crippen MR) is 152 cm³/mol. The predicted octanol–water partition coefficient (Wildman–Crippen LogP) is 5.33. The number of carbonyl (C=O) groups is 1. The lowest BCUT2D eigenvalue weighted by Gasteiger charge is -2.28. The number of halogens is 2. The molecule has 10 heteroatoms. The summed E-state index contributed by atoms with van der Waals surface area (Å²) in [6, 6.07) is 10.8. The van der Waals surface area contributed by atoms with Gasteiger partial charge in [0.15, 0.2) is 0 Å². The van der Waals surface area contributed by atoms with Crippen molar-refractivity contribution in [3.8, 4) is 11.1 Å². The van der Waals surface area contributed by atoms with E-state index in [0.717, 1.165) is 42.0 Å². The van der Waals surface area contributed by atoms with Crippen LogP contribution in [-0.2, 0) is 16.0 Å². The summed E-state index contributed by atoms with van der Waals surface area (Å²) in [7, 11) is 0. The van der Waals surface area contributed by atoms with Crippen molar-refractivity contribution in [2.75, 3.05) is 42.3 Å². The van der Waals surface area contributed by atoms with Gasteiger partial charge in [0.1, 0.15) is 5.71 Å². The van der Waals surface area contributed by atoms with E-state index in [0.29, 0.717) is 49.4 Å². The molecule has 1 saturated heterocycles. The Balaban J connectivity index is 1.24. The van der Waals surface area contributed by atoms with Gasteiger partial charge in [0.05, 0.1) is 37.0 Å². The molecule has 0 radical (unpaired) electrons. The van der Waals surface area contributed by atoms with Gasteiger partial charge in [0.2, 0.25) is 5.92 Å². The lowest BCUT2D eigenvalue weighted by Crippen LogP contribution is -2.36. The van der Waals surface area contributed by atoms with E-state index in [2.05, 4.69) is 20.2 Å². The molecule has 3 heterocycles. The standard InChI is InChI=1S/C30H34F2N6O2/c31-30(32)8-1-2-20(7-9-30)14-23-4-5-24(18-36-23)37-29(39)28(34)26-16-21(3-6-27(26)33)22-15-25(19-35-17-22)38-10-12-40-13-11-38/h3-6,15-20,34H,1-2,7-14,33H2,(H,37,39). The third-order valence-corrected chi connectivity index (χ3v) is 7.64. The molecule has 3 aromatic rings. The highest BCUT2D eigenvalue weighted by Gasteiger charge is 2.32. The number of hydrogen-bond donors (Lipinski definition) is 3. The monoisotopic (exact) mass is 548 g/mol. The second-order valence-electron chi connectivity index (χ2n) is 10.6. The van der Waals surface area contributed by atoms with Crippen LogP contribution in [-0.4, -0.2) is 53.8 Å². The number of anilines is 3. The fourth-order valence-electron chi connectivity index (χ4n) is 5.30. The van der Waals surface area contributed by atoms with Crippen LogP contribution in [0.1, 0.15) is 43.4 Å². The van der Waals surface area contributed by atoms with Gasteiger partial charge in [-0.15, -0.1) is 0 Å². The highest BCUT2D eigenvalue weighted by Crippen LogP contribution is 2.35. The number of nitrogens with one attached hydrogen (secondary N) is 2. The average molecular weight is 549 g/mol. The molecule has 2 aliphatic rings. The van der Waals surface area contributed by atoms with Crippen LogP contribution in [0.4, 0.5) is 25.8 Å². The molecule has 8 nitrogen and oxygen atoms in total. The number of amides is 1. The maximum Gasteiger partial charge on any atom is 0.274 e. The molecule has 1 saturated carbocycles. The van der Waals surface area contributed by atoms with Crippen LogP contribution in [0.25, 0.3) is 11.1 Å². The fraction of sp³-hybridized carbons (Fsp3) is 0.400. The molecule has 210 valence electrons. The van der Waals surface area contributed by atoms with Crippen molar-refractivity contribution in [2.24, 2.45) is 5.92 Å². The molecule has 5 rings (SSSR count). The average Bonchev–Trinajstić information content (AvgIpc) is 3.14. The maximum atomic E-state index is 13.7. The second kappa shape index (κ2) is 12.1. The number of alkyl halides is 2. The molecule has 1 aromatic carbocycles. The number of nitrogen functional groups attached to an aromatic ring is 1. The quantitative estimate of drug-likeness (QED) is 0.209. The van der Waals surface area contributed by atoms with Crippen LogP contribution < -0.4 is 16.0 Å². The van der Waals surface area contributed by atoms with Crippen LogP contribution in [0.3, 0.4) is 0 Å². The summed E-state index contributed by atoms with van der Waals surface area (Å²) < 4.78 is 32.8. The van der Waals surface area contributed by atoms with Crippen LogP contribution >= 0.6 is 0 Å². The Kier molecular flexibility index (Phi) is 8.35. The Bertz CT molecular complexity index is 1360. The number of nitrogens with two attached hydrogens (primary N) is 1. The zero-order chi connectivity index (χ0) is 28.1. The number of rotatable bonds is 7. The van der Waals surface area contributed by atoms with Crippen LogP contribution in [0.2, 0.25) is 0 Å². The molecule has 1 unspecified atom stereocenters. The zero-order valence-corrected chi connectivity index (χ0v) is 22.3. The summed E-state index contributed by atoms with van der Waals surface area (Å²) >= 11 is 0. The van der Waals surface area contributed by atoms with E-state index in [4.69, 9.17) is 15.9 Å². The van der Waals surface area contributed by atoms with Gasteiger partial charge in [0.25, 0.3) is 5.91 Å². The first-order valence-electron chi connectivity index (χ1n) is 13.7. The van der Waals surface area contributed by atoms with Crippen molar-refractivity contribution in [1.82, 2.24) is 9.97 Å². The molecule has 2 aromatic heterocycles. The molecule has 1 aliphatic heterocycles. The zero-order valence-electron chi connectivity index (χ0n) is 22.3. The van der Waals surface area contributed by atoms with E-state index in [-0.39, 0.29) is 24.5 Å². The van der Waals surface area contributed by atoms with Crippen molar-refractivity contribution in [1.29, 1.82) is 5.41 Å². The first-order chi connectivity index (χ1) is 19.3. The Morgan fingerprint density at radius 3 is 2.67 bits per heavy atom. The molecular weight excluding hydrogens is 514 g/mol. The Morgan fingerprint density at radius 1 is 1.07 bits per heavy atom. The van der Waals surface area contributed by atoms with Crippen molar-refractivity contribution >= 4 is 28.7 Å². The summed E-state index contributed by atoms with van der Waals surface area (Å²) in [5.74, 6) is -2.99. The van der Waals surface area contributed by atoms with E-state index in [9.17, 15) is 13.6 Å². The number of morpholine rings is 1. The SMILES string of the molecule is N=C(C(=O)Nc1ccc(CC2CCCC(F)(F)CC2)nc1)c1cc(-c2cncc(N3CCOCC3)c2)ccc1N. The number of pyridine rings is 2. The number of ether oxygens (including phenoxy) is 1. The molecule has 1 atom stereocenters. The Morgan fingerprint density at radius 2 is 1.90 bits per heavy atom. The lowest BCUT2D eigenvalue weighted by atomic mass is 9.94. The summed E-state index contributed by atoms with van der Waals surface area (Å²) in [6.07, 6.45) is 7.38. The maximum absolute atomic E-state index is 13.7. The van der Waals surface area contributed by atoms with Crippen molar-refractivity contribution in [3.63, 3.8) is 0 Å². The van der Waals surface area contributed by atoms with E-state index >= 15 is 0 Å². The van der Waals surface area contributed by atoms with Crippen LogP contribution in [0, 0.1) is 11.3 Å². The van der Waals surface area contributed by atoms with Crippen molar-refractivity contribution < 1.29 is 18.3 Å². The molecule has 1 aliphatic carbocycles. The van der Waals surface area contributed by atoms with E-state index < -0.39 is 11.8 Å². The molecule has 1 amide bonds. The second-order valence-corrected chi connectivity index (χ2v) is 10.6. The first kappa shape index (κ1) is 27.6. The first-order valence-corrected chi connectivity index (χ1v) is 13.7. The van der Waals surface area contributed by atoms with Gasteiger partial charge in [0, 0.05) is 54.6 Å². The topological polar surface area (TPSA) is 117 Å². The molecule has 40 heavy (non-hydrogen) atoms. The molecule has 0 spiro atoms. The number of aromatic nitrogens is 2. The van der Waals surface area contributed by atoms with E-state index in [1.54, 1.807) is 30.5 Å².